The van der Waals surface area contributed by atoms with Crippen molar-refractivity contribution in [3.8, 4) is 5.88 Å². The van der Waals surface area contributed by atoms with Crippen LogP contribution in [0.15, 0.2) is 53.3 Å². The van der Waals surface area contributed by atoms with Crippen molar-refractivity contribution in [1.29, 1.82) is 0 Å². The Labute approximate surface area is 216 Å². The van der Waals surface area contributed by atoms with Gasteiger partial charge >= 0.3 is 0 Å². The Hall–Kier alpha value is -2.97. The van der Waals surface area contributed by atoms with Crippen LogP contribution in [0.1, 0.15) is 43.4 Å². The summed E-state index contributed by atoms with van der Waals surface area (Å²) < 4.78 is 31.5. The van der Waals surface area contributed by atoms with Gasteiger partial charge in [-0.3, -0.25) is 9.36 Å². The van der Waals surface area contributed by atoms with E-state index in [1.165, 1.54) is 11.6 Å². The van der Waals surface area contributed by atoms with Crippen LogP contribution in [0.2, 0.25) is 0 Å². The molecule has 192 valence electrons. The summed E-state index contributed by atoms with van der Waals surface area (Å²) in [6.07, 6.45) is 2.12. The standard InChI is InChI=1S/C26H28FN3O3S.C2H6/c1-16-8-9-22(21(27)12-16)28-23-17(2)25(31)30-10-11-32-26(30)24(23)29-34-20-13-19(14-20)33-15-18-6-4-3-5-7-18;1-2/h3-9,12,19-20,28-29H,10-11,13-15H2,1-2H3;1-2H3. The van der Waals surface area contributed by atoms with Crippen molar-refractivity contribution in [3.63, 3.8) is 0 Å². The molecule has 1 aromatic heterocycles. The van der Waals surface area contributed by atoms with Gasteiger partial charge in [-0.05, 0) is 61.9 Å². The third-order valence-corrected chi connectivity index (χ3v) is 7.34. The minimum Gasteiger partial charge on any atom is -0.475 e. The molecular formula is C28H34FN3O3S. The summed E-state index contributed by atoms with van der Waals surface area (Å²) in [5.41, 5.74) is 3.94. The third-order valence-electron chi connectivity index (χ3n) is 6.30. The van der Waals surface area contributed by atoms with Gasteiger partial charge in [-0.1, -0.05) is 50.2 Å². The molecular weight excluding hydrogens is 477 g/mol. The third kappa shape index (κ3) is 5.71. The largest absolute Gasteiger partial charge is 0.475 e. The lowest BCUT2D eigenvalue weighted by Gasteiger charge is -2.34. The van der Waals surface area contributed by atoms with Gasteiger partial charge in [0.25, 0.3) is 5.56 Å². The Bertz CT molecular complexity index is 1240. The van der Waals surface area contributed by atoms with Crippen LogP contribution in [0.5, 0.6) is 5.88 Å². The zero-order chi connectivity index (χ0) is 25.7. The molecule has 0 bridgehead atoms. The monoisotopic (exact) mass is 511 g/mol. The molecule has 1 aliphatic carbocycles. The molecule has 0 unspecified atom stereocenters. The maximum absolute atomic E-state index is 14.6. The van der Waals surface area contributed by atoms with Gasteiger partial charge in [-0.15, -0.1) is 0 Å². The zero-order valence-corrected chi connectivity index (χ0v) is 22.1. The first kappa shape index (κ1) is 26.1. The van der Waals surface area contributed by atoms with E-state index in [1.54, 1.807) is 29.5 Å². The van der Waals surface area contributed by atoms with Gasteiger partial charge in [0, 0.05) is 10.8 Å². The van der Waals surface area contributed by atoms with E-state index < -0.39 is 0 Å². The van der Waals surface area contributed by atoms with Gasteiger partial charge in [-0.25, -0.2) is 4.39 Å². The highest BCUT2D eigenvalue weighted by Gasteiger charge is 2.32. The fourth-order valence-corrected chi connectivity index (χ4v) is 5.30. The average molecular weight is 512 g/mol. The van der Waals surface area contributed by atoms with Crippen LogP contribution in [0.25, 0.3) is 0 Å². The van der Waals surface area contributed by atoms with Crippen LogP contribution < -0.4 is 20.3 Å². The second-order valence-electron chi connectivity index (χ2n) is 8.83. The Balaban J connectivity index is 0.00000148. The number of hydrogen-bond acceptors (Lipinski definition) is 6. The highest BCUT2D eigenvalue weighted by atomic mass is 32.2. The molecule has 3 aromatic rings. The number of ether oxygens (including phenoxy) is 2. The molecule has 1 fully saturated rings. The highest BCUT2D eigenvalue weighted by molar-refractivity contribution is 8.01. The van der Waals surface area contributed by atoms with Crippen molar-refractivity contribution in [2.24, 2.45) is 0 Å². The van der Waals surface area contributed by atoms with E-state index in [-0.39, 0.29) is 17.5 Å². The number of benzene rings is 2. The number of fused-ring (bicyclic) bond motifs is 1. The lowest BCUT2D eigenvalue weighted by molar-refractivity contribution is -0.00494. The Morgan fingerprint density at radius 2 is 1.86 bits per heavy atom. The van der Waals surface area contributed by atoms with E-state index >= 15 is 0 Å². The smallest absolute Gasteiger partial charge is 0.258 e. The zero-order valence-electron chi connectivity index (χ0n) is 21.3. The molecule has 2 heterocycles. The number of hydrogen-bond donors (Lipinski definition) is 2. The van der Waals surface area contributed by atoms with Crippen molar-refractivity contribution in [2.45, 2.75) is 65.0 Å². The molecule has 0 radical (unpaired) electrons. The fourth-order valence-electron chi connectivity index (χ4n) is 4.21. The molecule has 8 heteroatoms. The summed E-state index contributed by atoms with van der Waals surface area (Å²) in [6.45, 7) is 9.16. The Morgan fingerprint density at radius 1 is 1.11 bits per heavy atom. The van der Waals surface area contributed by atoms with Gasteiger partial charge in [0.05, 0.1) is 30.6 Å². The normalized spacial score (nSPS) is 17.8. The van der Waals surface area contributed by atoms with E-state index in [9.17, 15) is 9.18 Å². The molecule has 0 amide bonds. The van der Waals surface area contributed by atoms with Gasteiger partial charge in [-0.2, -0.15) is 0 Å². The second-order valence-corrected chi connectivity index (χ2v) is 9.93. The molecule has 0 saturated heterocycles. The first-order valence-corrected chi connectivity index (χ1v) is 13.4. The number of aryl methyl sites for hydroxylation is 1. The molecule has 1 saturated carbocycles. The first-order valence-electron chi connectivity index (χ1n) is 12.5. The van der Waals surface area contributed by atoms with Gasteiger partial charge < -0.3 is 19.5 Å². The second kappa shape index (κ2) is 11.8. The lowest BCUT2D eigenvalue weighted by atomic mass is 9.95. The topological polar surface area (TPSA) is 64.5 Å². The lowest BCUT2D eigenvalue weighted by Crippen LogP contribution is -2.34. The molecule has 2 N–H and O–H groups in total. The molecule has 0 spiro atoms. The predicted molar refractivity (Wildman–Crippen MR) is 146 cm³/mol. The number of nitrogens with one attached hydrogen (secondary N) is 2. The molecule has 2 aromatic carbocycles. The summed E-state index contributed by atoms with van der Waals surface area (Å²) in [4.78, 5) is 12.9. The Kier molecular flexibility index (Phi) is 8.59. The molecule has 5 rings (SSSR count). The summed E-state index contributed by atoms with van der Waals surface area (Å²) >= 11 is 1.59. The van der Waals surface area contributed by atoms with Gasteiger partial charge in [0.2, 0.25) is 5.88 Å². The van der Waals surface area contributed by atoms with Crippen LogP contribution >= 0.6 is 11.9 Å². The summed E-state index contributed by atoms with van der Waals surface area (Å²) in [5.74, 6) is 0.131. The number of aromatic nitrogens is 1. The number of rotatable bonds is 8. The quantitative estimate of drug-likeness (QED) is 0.333. The van der Waals surface area contributed by atoms with Crippen LogP contribution in [-0.2, 0) is 17.9 Å². The van der Waals surface area contributed by atoms with Crippen LogP contribution in [-0.4, -0.2) is 22.5 Å². The Morgan fingerprint density at radius 3 is 2.58 bits per heavy atom. The van der Waals surface area contributed by atoms with Crippen molar-refractivity contribution in [3.05, 3.63) is 81.4 Å². The number of nitrogens with zero attached hydrogens (tertiary/aromatic N) is 1. The molecule has 0 atom stereocenters. The number of pyridine rings is 1. The predicted octanol–water partition coefficient (Wildman–Crippen LogP) is 6.57. The SMILES string of the molecule is CC.Cc1ccc(Nc2c(NSC3CC(OCc4ccccc4)C3)c3n(c(=O)c2C)CCO3)c(F)c1. The van der Waals surface area contributed by atoms with Gasteiger partial charge in [0.1, 0.15) is 18.1 Å². The van der Waals surface area contributed by atoms with Crippen molar-refractivity contribution < 1.29 is 13.9 Å². The molecule has 1 aliphatic heterocycles. The fraction of sp³-hybridized carbons (Fsp3) is 0.393. The number of anilines is 3. The summed E-state index contributed by atoms with van der Waals surface area (Å²) in [7, 11) is 0. The van der Waals surface area contributed by atoms with Crippen molar-refractivity contribution in [2.75, 3.05) is 16.6 Å². The molecule has 6 nitrogen and oxygen atoms in total. The minimum absolute atomic E-state index is 0.129. The minimum atomic E-state index is -0.364. The maximum Gasteiger partial charge on any atom is 0.258 e. The number of halogens is 1. The molecule has 36 heavy (non-hydrogen) atoms. The molecule has 2 aliphatic rings. The van der Waals surface area contributed by atoms with E-state index in [0.717, 1.165) is 18.4 Å². The van der Waals surface area contributed by atoms with E-state index in [0.29, 0.717) is 53.5 Å². The maximum atomic E-state index is 14.6. The highest BCUT2D eigenvalue weighted by Crippen LogP contribution is 2.42. The van der Waals surface area contributed by atoms with Crippen LogP contribution in [0, 0.1) is 19.7 Å². The first-order chi connectivity index (χ1) is 17.5. The summed E-state index contributed by atoms with van der Waals surface area (Å²) in [5, 5.41) is 3.52. The van der Waals surface area contributed by atoms with Crippen LogP contribution in [0.3, 0.4) is 0 Å². The van der Waals surface area contributed by atoms with E-state index in [4.69, 9.17) is 9.47 Å². The van der Waals surface area contributed by atoms with Crippen molar-refractivity contribution in [1.82, 2.24) is 4.57 Å². The summed E-state index contributed by atoms with van der Waals surface area (Å²) in [6, 6.07) is 15.2. The van der Waals surface area contributed by atoms with Gasteiger partial charge in [0.15, 0.2) is 0 Å². The van der Waals surface area contributed by atoms with E-state index in [1.807, 2.05) is 45.0 Å². The average Bonchev–Trinajstić information content (AvgIpc) is 3.36. The van der Waals surface area contributed by atoms with Crippen molar-refractivity contribution >= 4 is 29.0 Å². The van der Waals surface area contributed by atoms with Crippen LogP contribution in [0.4, 0.5) is 21.5 Å². The van der Waals surface area contributed by atoms with E-state index in [2.05, 4.69) is 22.2 Å².